The van der Waals surface area contributed by atoms with Crippen LogP contribution in [0.2, 0.25) is 0 Å². The Labute approximate surface area is 91.9 Å². The van der Waals surface area contributed by atoms with Crippen molar-refractivity contribution in [1.29, 1.82) is 0 Å². The van der Waals surface area contributed by atoms with Crippen LogP contribution in [-0.4, -0.2) is 51.2 Å². The molecule has 0 saturated heterocycles. The second-order valence-electron chi connectivity index (χ2n) is 3.87. The fourth-order valence-corrected chi connectivity index (χ4v) is 1.27. The van der Waals surface area contributed by atoms with E-state index in [9.17, 15) is 0 Å². The molecule has 0 aliphatic heterocycles. The summed E-state index contributed by atoms with van der Waals surface area (Å²) < 4.78 is 0. The molecule has 0 fully saturated rings. The molecule has 0 aliphatic carbocycles. The number of pyridine rings is 1. The molecule has 0 spiro atoms. The molecule has 0 unspecified atom stereocenters. The molecule has 0 aliphatic rings. The van der Waals surface area contributed by atoms with Gasteiger partial charge in [0, 0.05) is 45.1 Å². The number of nitrogens with one attached hydrogen (secondary N) is 1. The summed E-state index contributed by atoms with van der Waals surface area (Å²) in [5.41, 5.74) is 1.19. The molecule has 0 radical (unpaired) electrons. The van der Waals surface area contributed by atoms with Crippen molar-refractivity contribution in [1.82, 2.24) is 9.88 Å². The predicted molar refractivity (Wildman–Crippen MR) is 65.6 cm³/mol. The minimum atomic E-state index is 0.907. The van der Waals surface area contributed by atoms with Crippen molar-refractivity contribution in [3.8, 4) is 0 Å². The number of rotatable bonds is 5. The van der Waals surface area contributed by atoms with Gasteiger partial charge in [-0.25, -0.2) is 4.98 Å². The Morgan fingerprint density at radius 2 is 2.00 bits per heavy atom. The molecule has 0 atom stereocenters. The van der Waals surface area contributed by atoms with Crippen molar-refractivity contribution in [3.05, 3.63) is 18.3 Å². The molecule has 0 bridgehead atoms. The summed E-state index contributed by atoms with van der Waals surface area (Å²) in [6.07, 6.45) is 1.83. The molecule has 1 heterocycles. The van der Waals surface area contributed by atoms with Crippen LogP contribution in [0, 0.1) is 0 Å². The average molecular weight is 208 g/mol. The van der Waals surface area contributed by atoms with E-state index < -0.39 is 0 Å². The van der Waals surface area contributed by atoms with E-state index in [1.807, 2.05) is 19.3 Å². The normalized spacial score (nSPS) is 10.5. The van der Waals surface area contributed by atoms with E-state index >= 15 is 0 Å². The largest absolute Gasteiger partial charge is 0.373 e. The van der Waals surface area contributed by atoms with Crippen LogP contribution >= 0.6 is 0 Å². The highest BCUT2D eigenvalue weighted by Gasteiger charge is 2.02. The van der Waals surface area contributed by atoms with Crippen LogP contribution in [0.3, 0.4) is 0 Å². The minimum Gasteiger partial charge on any atom is -0.373 e. The Hall–Kier alpha value is -1.29. The highest BCUT2D eigenvalue weighted by atomic mass is 15.2. The molecule has 84 valence electrons. The van der Waals surface area contributed by atoms with E-state index in [4.69, 9.17) is 0 Å². The lowest BCUT2D eigenvalue weighted by molar-refractivity contribution is 0.416. The molecular weight excluding hydrogens is 188 g/mol. The SMILES string of the molecule is CNc1cc(N(C)CCN(C)C)ccn1. The Kier molecular flexibility index (Phi) is 4.37. The van der Waals surface area contributed by atoms with Crippen molar-refractivity contribution in [2.75, 3.05) is 51.5 Å². The second kappa shape index (κ2) is 5.56. The van der Waals surface area contributed by atoms with E-state index in [0.29, 0.717) is 0 Å². The lowest BCUT2D eigenvalue weighted by atomic mass is 10.3. The van der Waals surface area contributed by atoms with Crippen LogP contribution < -0.4 is 10.2 Å². The maximum atomic E-state index is 4.19. The number of likely N-dealkylation sites (N-methyl/N-ethyl adjacent to an activating group) is 2. The molecular formula is C11H20N4. The van der Waals surface area contributed by atoms with Gasteiger partial charge in [0.05, 0.1) is 0 Å². The highest BCUT2D eigenvalue weighted by molar-refractivity contribution is 5.53. The third kappa shape index (κ3) is 3.75. The van der Waals surface area contributed by atoms with Crippen molar-refractivity contribution >= 4 is 11.5 Å². The maximum Gasteiger partial charge on any atom is 0.127 e. The van der Waals surface area contributed by atoms with Crippen LogP contribution in [-0.2, 0) is 0 Å². The highest BCUT2D eigenvalue weighted by Crippen LogP contribution is 2.14. The number of hydrogen-bond donors (Lipinski definition) is 1. The first-order valence-electron chi connectivity index (χ1n) is 5.13. The topological polar surface area (TPSA) is 31.4 Å². The summed E-state index contributed by atoms with van der Waals surface area (Å²) in [5, 5.41) is 3.04. The van der Waals surface area contributed by atoms with E-state index in [1.165, 1.54) is 5.69 Å². The van der Waals surface area contributed by atoms with Crippen LogP contribution in [0.15, 0.2) is 18.3 Å². The average Bonchev–Trinajstić information content (AvgIpc) is 2.26. The van der Waals surface area contributed by atoms with Crippen molar-refractivity contribution in [2.45, 2.75) is 0 Å². The lowest BCUT2D eigenvalue weighted by Gasteiger charge is -2.21. The van der Waals surface area contributed by atoms with Gasteiger partial charge >= 0.3 is 0 Å². The summed E-state index contributed by atoms with van der Waals surface area (Å²) in [6.45, 7) is 2.06. The van der Waals surface area contributed by atoms with Gasteiger partial charge in [-0.2, -0.15) is 0 Å². The summed E-state index contributed by atoms with van der Waals surface area (Å²) in [4.78, 5) is 8.59. The van der Waals surface area contributed by atoms with Crippen molar-refractivity contribution < 1.29 is 0 Å². The summed E-state index contributed by atoms with van der Waals surface area (Å²) in [7, 11) is 8.14. The van der Waals surface area contributed by atoms with Crippen LogP contribution in [0.4, 0.5) is 11.5 Å². The first kappa shape index (κ1) is 11.8. The summed E-state index contributed by atoms with van der Waals surface area (Å²) in [6, 6.07) is 4.08. The standard InChI is InChI=1S/C11H20N4/c1-12-11-9-10(5-6-13-11)15(4)8-7-14(2)3/h5-6,9H,7-8H2,1-4H3,(H,12,13). The Morgan fingerprint density at radius 1 is 1.27 bits per heavy atom. The molecule has 0 saturated carbocycles. The molecule has 1 rings (SSSR count). The number of hydrogen-bond acceptors (Lipinski definition) is 4. The van der Waals surface area contributed by atoms with Crippen LogP contribution in [0.1, 0.15) is 0 Å². The summed E-state index contributed by atoms with van der Waals surface area (Å²) in [5.74, 6) is 0.907. The predicted octanol–water partition coefficient (Wildman–Crippen LogP) is 1.12. The Balaban J connectivity index is 2.60. The fraction of sp³-hybridized carbons (Fsp3) is 0.545. The molecule has 1 N–H and O–H groups in total. The van der Waals surface area contributed by atoms with Gasteiger partial charge in [0.2, 0.25) is 0 Å². The summed E-state index contributed by atoms with van der Waals surface area (Å²) >= 11 is 0. The monoisotopic (exact) mass is 208 g/mol. The zero-order valence-corrected chi connectivity index (χ0v) is 9.99. The fourth-order valence-electron chi connectivity index (χ4n) is 1.27. The van der Waals surface area contributed by atoms with Gasteiger partial charge < -0.3 is 15.1 Å². The third-order valence-electron chi connectivity index (χ3n) is 2.32. The van der Waals surface area contributed by atoms with Gasteiger partial charge in [-0.15, -0.1) is 0 Å². The molecule has 1 aromatic rings. The maximum absolute atomic E-state index is 4.19. The van der Waals surface area contributed by atoms with E-state index in [2.05, 4.69) is 47.3 Å². The zero-order chi connectivity index (χ0) is 11.3. The number of anilines is 2. The third-order valence-corrected chi connectivity index (χ3v) is 2.32. The smallest absolute Gasteiger partial charge is 0.127 e. The molecule has 1 aromatic heterocycles. The molecule has 4 heteroatoms. The second-order valence-corrected chi connectivity index (χ2v) is 3.87. The van der Waals surface area contributed by atoms with E-state index in [1.54, 1.807) is 0 Å². The number of nitrogens with zero attached hydrogens (tertiary/aromatic N) is 3. The molecule has 0 amide bonds. The quantitative estimate of drug-likeness (QED) is 0.786. The van der Waals surface area contributed by atoms with Gasteiger partial charge in [0.25, 0.3) is 0 Å². The molecule has 15 heavy (non-hydrogen) atoms. The van der Waals surface area contributed by atoms with Gasteiger partial charge in [-0.3, -0.25) is 0 Å². The van der Waals surface area contributed by atoms with Crippen LogP contribution in [0.25, 0.3) is 0 Å². The Morgan fingerprint density at radius 3 is 2.60 bits per heavy atom. The Bertz CT molecular complexity index is 298. The van der Waals surface area contributed by atoms with E-state index in [0.717, 1.165) is 18.9 Å². The van der Waals surface area contributed by atoms with Gasteiger partial charge in [0.1, 0.15) is 5.82 Å². The minimum absolute atomic E-state index is 0.907. The number of aromatic nitrogens is 1. The van der Waals surface area contributed by atoms with Gasteiger partial charge in [0.15, 0.2) is 0 Å². The van der Waals surface area contributed by atoms with Crippen molar-refractivity contribution in [3.63, 3.8) is 0 Å². The first-order chi connectivity index (χ1) is 7.13. The van der Waals surface area contributed by atoms with E-state index in [-0.39, 0.29) is 0 Å². The zero-order valence-electron chi connectivity index (χ0n) is 9.99. The van der Waals surface area contributed by atoms with Gasteiger partial charge in [-0.1, -0.05) is 0 Å². The lowest BCUT2D eigenvalue weighted by Crippen LogP contribution is -2.28. The molecule has 0 aromatic carbocycles. The molecule has 4 nitrogen and oxygen atoms in total. The van der Waals surface area contributed by atoms with Crippen LogP contribution in [0.5, 0.6) is 0 Å². The van der Waals surface area contributed by atoms with Crippen molar-refractivity contribution in [2.24, 2.45) is 0 Å². The van der Waals surface area contributed by atoms with Gasteiger partial charge in [-0.05, 0) is 20.2 Å². The first-order valence-corrected chi connectivity index (χ1v) is 5.13.